The van der Waals surface area contributed by atoms with Crippen molar-refractivity contribution in [1.82, 2.24) is 0 Å². The van der Waals surface area contributed by atoms with Gasteiger partial charge >= 0.3 is 0 Å². The molecule has 0 aromatic heterocycles. The number of hydrogen-bond acceptors (Lipinski definition) is 2. The number of carbonyl (C=O) groups excluding carboxylic acids is 1. The minimum atomic E-state index is 0.301. The SMILES string of the molecule is COCC[C@H]1[C@H](C2=C(C)CCC2=O)C1(C)C. The van der Waals surface area contributed by atoms with Crippen LogP contribution in [0.4, 0.5) is 0 Å². The van der Waals surface area contributed by atoms with Crippen LogP contribution in [0.15, 0.2) is 11.1 Å². The van der Waals surface area contributed by atoms with Crippen LogP contribution in [0.1, 0.15) is 40.0 Å². The van der Waals surface area contributed by atoms with Gasteiger partial charge in [-0.25, -0.2) is 0 Å². The molecule has 0 radical (unpaired) electrons. The van der Waals surface area contributed by atoms with Crippen LogP contribution in [0, 0.1) is 17.3 Å². The van der Waals surface area contributed by atoms with E-state index in [0.717, 1.165) is 31.4 Å². The van der Waals surface area contributed by atoms with Crippen molar-refractivity contribution in [1.29, 1.82) is 0 Å². The second-order valence-electron chi connectivity index (χ2n) is 5.80. The molecule has 0 amide bonds. The van der Waals surface area contributed by atoms with Crippen molar-refractivity contribution in [3.05, 3.63) is 11.1 Å². The summed E-state index contributed by atoms with van der Waals surface area (Å²) in [6, 6.07) is 0. The Balaban J connectivity index is 2.12. The Labute approximate surface area is 98.1 Å². The quantitative estimate of drug-likeness (QED) is 0.731. The van der Waals surface area contributed by atoms with Crippen LogP contribution in [-0.4, -0.2) is 19.5 Å². The molecule has 0 aliphatic heterocycles. The summed E-state index contributed by atoms with van der Waals surface area (Å²) in [7, 11) is 1.75. The smallest absolute Gasteiger partial charge is 0.159 e. The van der Waals surface area contributed by atoms with Crippen molar-refractivity contribution in [2.45, 2.75) is 40.0 Å². The molecule has 0 unspecified atom stereocenters. The molecule has 2 atom stereocenters. The van der Waals surface area contributed by atoms with E-state index in [2.05, 4.69) is 20.8 Å². The Bertz CT molecular complexity index is 339. The third-order valence-corrected chi connectivity index (χ3v) is 4.48. The fraction of sp³-hybridized carbons (Fsp3) is 0.786. The van der Waals surface area contributed by atoms with Crippen LogP contribution in [0.3, 0.4) is 0 Å². The van der Waals surface area contributed by atoms with Crippen LogP contribution in [0.2, 0.25) is 0 Å². The molecule has 0 bridgehead atoms. The van der Waals surface area contributed by atoms with Gasteiger partial charge in [0.25, 0.3) is 0 Å². The van der Waals surface area contributed by atoms with Gasteiger partial charge in [-0.1, -0.05) is 19.4 Å². The summed E-state index contributed by atoms with van der Waals surface area (Å²) in [5.41, 5.74) is 2.80. The number of Topliss-reactive ketones (excluding diaryl/α,β-unsaturated/α-hetero) is 1. The lowest BCUT2D eigenvalue weighted by molar-refractivity contribution is -0.115. The van der Waals surface area contributed by atoms with E-state index in [0.29, 0.717) is 23.0 Å². The molecule has 0 aromatic carbocycles. The summed E-state index contributed by atoms with van der Waals surface area (Å²) in [6.45, 7) is 7.50. The first-order chi connectivity index (χ1) is 7.50. The highest BCUT2D eigenvalue weighted by Crippen LogP contribution is 2.64. The lowest BCUT2D eigenvalue weighted by Crippen LogP contribution is -2.03. The molecular formula is C14H22O2. The Kier molecular flexibility index (Phi) is 2.95. The largest absolute Gasteiger partial charge is 0.385 e. The minimum Gasteiger partial charge on any atom is -0.385 e. The predicted octanol–water partition coefficient (Wildman–Crippen LogP) is 2.97. The van der Waals surface area contributed by atoms with Gasteiger partial charge in [-0.05, 0) is 42.6 Å². The van der Waals surface area contributed by atoms with Gasteiger partial charge in [0.1, 0.15) is 0 Å². The third kappa shape index (κ3) is 1.73. The number of ether oxygens (including phenoxy) is 1. The van der Waals surface area contributed by atoms with Crippen LogP contribution >= 0.6 is 0 Å². The molecule has 0 N–H and O–H groups in total. The molecule has 2 rings (SSSR count). The standard InChI is InChI=1S/C14H22O2/c1-9-5-6-11(15)12(9)13-10(7-8-16-4)14(13,2)3/h10,13H,5-8H2,1-4H3/t10-,13+/m0/s1. The van der Waals surface area contributed by atoms with Gasteiger partial charge in [0.05, 0.1) is 0 Å². The summed E-state index contributed by atoms with van der Waals surface area (Å²) < 4.78 is 5.15. The molecule has 2 heteroatoms. The van der Waals surface area contributed by atoms with Crippen molar-refractivity contribution in [2.24, 2.45) is 17.3 Å². The van der Waals surface area contributed by atoms with Crippen LogP contribution < -0.4 is 0 Å². The molecular weight excluding hydrogens is 200 g/mol. The van der Waals surface area contributed by atoms with E-state index < -0.39 is 0 Å². The lowest BCUT2D eigenvalue weighted by atomic mass is 10.00. The van der Waals surface area contributed by atoms with Gasteiger partial charge in [-0.2, -0.15) is 0 Å². The molecule has 0 aromatic rings. The van der Waals surface area contributed by atoms with Crippen molar-refractivity contribution < 1.29 is 9.53 Å². The first-order valence-electron chi connectivity index (χ1n) is 6.22. The Morgan fingerprint density at radius 3 is 2.56 bits per heavy atom. The highest BCUT2D eigenvalue weighted by molar-refractivity contribution is 5.99. The lowest BCUT2D eigenvalue weighted by Gasteiger charge is -2.04. The van der Waals surface area contributed by atoms with E-state index in [9.17, 15) is 4.79 Å². The van der Waals surface area contributed by atoms with E-state index >= 15 is 0 Å². The van der Waals surface area contributed by atoms with E-state index in [1.165, 1.54) is 5.57 Å². The Hall–Kier alpha value is -0.630. The number of rotatable bonds is 4. The van der Waals surface area contributed by atoms with Gasteiger partial charge in [0, 0.05) is 20.1 Å². The molecule has 16 heavy (non-hydrogen) atoms. The average molecular weight is 222 g/mol. The first kappa shape index (κ1) is 11.8. The molecule has 0 heterocycles. The summed E-state index contributed by atoms with van der Waals surface area (Å²) in [6.07, 6.45) is 2.81. The van der Waals surface area contributed by atoms with Crippen LogP contribution in [0.25, 0.3) is 0 Å². The maximum Gasteiger partial charge on any atom is 0.159 e. The molecule has 1 saturated carbocycles. The van der Waals surface area contributed by atoms with Gasteiger partial charge in [0.2, 0.25) is 0 Å². The zero-order chi connectivity index (χ0) is 11.9. The van der Waals surface area contributed by atoms with Crippen molar-refractivity contribution >= 4 is 5.78 Å². The highest BCUT2D eigenvalue weighted by atomic mass is 16.5. The number of methoxy groups -OCH3 is 1. The van der Waals surface area contributed by atoms with E-state index in [1.54, 1.807) is 7.11 Å². The summed E-state index contributed by atoms with van der Waals surface area (Å²) in [5.74, 6) is 1.53. The average Bonchev–Trinajstić information content (AvgIpc) is 2.57. The normalized spacial score (nSPS) is 32.4. The molecule has 2 aliphatic rings. The highest BCUT2D eigenvalue weighted by Gasteiger charge is 2.60. The van der Waals surface area contributed by atoms with E-state index in [1.807, 2.05) is 0 Å². The molecule has 0 spiro atoms. The first-order valence-corrected chi connectivity index (χ1v) is 6.22. The predicted molar refractivity (Wildman–Crippen MR) is 64.2 cm³/mol. The topological polar surface area (TPSA) is 26.3 Å². The van der Waals surface area contributed by atoms with Gasteiger partial charge in [-0.3, -0.25) is 4.79 Å². The number of hydrogen-bond donors (Lipinski definition) is 0. The second-order valence-corrected chi connectivity index (χ2v) is 5.80. The summed E-state index contributed by atoms with van der Waals surface area (Å²) in [5, 5.41) is 0. The zero-order valence-corrected chi connectivity index (χ0v) is 10.8. The van der Waals surface area contributed by atoms with Crippen LogP contribution in [-0.2, 0) is 9.53 Å². The van der Waals surface area contributed by atoms with Crippen LogP contribution in [0.5, 0.6) is 0 Å². The van der Waals surface area contributed by atoms with Crippen molar-refractivity contribution in [3.8, 4) is 0 Å². The molecule has 0 saturated heterocycles. The third-order valence-electron chi connectivity index (χ3n) is 4.48. The molecule has 1 fully saturated rings. The van der Waals surface area contributed by atoms with Crippen molar-refractivity contribution in [2.75, 3.05) is 13.7 Å². The number of allylic oxidation sites excluding steroid dienone is 2. The molecule has 2 nitrogen and oxygen atoms in total. The Morgan fingerprint density at radius 2 is 2.06 bits per heavy atom. The van der Waals surface area contributed by atoms with Gasteiger partial charge < -0.3 is 4.74 Å². The second kappa shape index (κ2) is 3.99. The van der Waals surface area contributed by atoms with Gasteiger partial charge in [-0.15, -0.1) is 0 Å². The fourth-order valence-electron chi connectivity index (χ4n) is 3.35. The maximum absolute atomic E-state index is 11.9. The van der Waals surface area contributed by atoms with Crippen molar-refractivity contribution in [3.63, 3.8) is 0 Å². The number of carbonyl (C=O) groups is 1. The van der Waals surface area contributed by atoms with E-state index in [-0.39, 0.29) is 0 Å². The monoisotopic (exact) mass is 222 g/mol. The fourth-order valence-corrected chi connectivity index (χ4v) is 3.35. The number of ketones is 1. The van der Waals surface area contributed by atoms with Gasteiger partial charge in [0.15, 0.2) is 5.78 Å². The zero-order valence-electron chi connectivity index (χ0n) is 10.8. The Morgan fingerprint density at radius 1 is 1.38 bits per heavy atom. The summed E-state index contributed by atoms with van der Waals surface area (Å²) >= 11 is 0. The molecule has 90 valence electrons. The maximum atomic E-state index is 11.9. The minimum absolute atomic E-state index is 0.301. The summed E-state index contributed by atoms with van der Waals surface area (Å²) in [4.78, 5) is 11.9. The van der Waals surface area contributed by atoms with E-state index in [4.69, 9.17) is 4.74 Å². The molecule has 2 aliphatic carbocycles.